The standard InChI is InChI=1S/C13H22N4O/c1-3-6-14-9(2)12-15-16-13(18-12)17-8-10-4-5-11(17)7-10/h9-11,14H,3-8H2,1-2H3. The van der Waals surface area contributed by atoms with Crippen molar-refractivity contribution < 1.29 is 4.42 Å². The highest BCUT2D eigenvalue weighted by atomic mass is 16.4. The average Bonchev–Trinajstić information content (AvgIpc) is 3.09. The van der Waals surface area contributed by atoms with Crippen molar-refractivity contribution >= 4 is 6.01 Å². The lowest BCUT2D eigenvalue weighted by Crippen LogP contribution is -2.32. The predicted octanol–water partition coefficient (Wildman–Crippen LogP) is 2.12. The lowest BCUT2D eigenvalue weighted by molar-refractivity contribution is 0.405. The van der Waals surface area contributed by atoms with Gasteiger partial charge >= 0.3 is 6.01 Å². The first kappa shape index (κ1) is 12.0. The molecule has 3 rings (SSSR count). The topological polar surface area (TPSA) is 54.2 Å². The van der Waals surface area contributed by atoms with Crippen LogP contribution in [0.2, 0.25) is 0 Å². The first-order valence-electron chi connectivity index (χ1n) is 7.11. The molecule has 2 fully saturated rings. The lowest BCUT2D eigenvalue weighted by Gasteiger charge is -2.24. The van der Waals surface area contributed by atoms with Gasteiger partial charge in [-0.25, -0.2) is 0 Å². The van der Waals surface area contributed by atoms with E-state index < -0.39 is 0 Å². The Hall–Kier alpha value is -1.10. The Morgan fingerprint density at radius 1 is 1.44 bits per heavy atom. The van der Waals surface area contributed by atoms with Crippen LogP contribution in [0.15, 0.2) is 4.42 Å². The summed E-state index contributed by atoms with van der Waals surface area (Å²) in [4.78, 5) is 2.30. The van der Waals surface area contributed by atoms with Crippen LogP contribution in [-0.2, 0) is 0 Å². The molecule has 3 atom stereocenters. The van der Waals surface area contributed by atoms with Gasteiger partial charge in [0, 0.05) is 12.6 Å². The third kappa shape index (κ3) is 2.11. The van der Waals surface area contributed by atoms with Crippen molar-refractivity contribution in [2.24, 2.45) is 5.92 Å². The summed E-state index contributed by atoms with van der Waals surface area (Å²) in [6.45, 7) is 6.30. The van der Waals surface area contributed by atoms with Crippen LogP contribution in [-0.4, -0.2) is 29.3 Å². The van der Waals surface area contributed by atoms with Gasteiger partial charge in [0.2, 0.25) is 5.89 Å². The highest BCUT2D eigenvalue weighted by Gasteiger charge is 2.40. The van der Waals surface area contributed by atoms with Gasteiger partial charge in [-0.15, -0.1) is 5.10 Å². The van der Waals surface area contributed by atoms with Gasteiger partial charge in [0.1, 0.15) is 0 Å². The number of hydrogen-bond donors (Lipinski definition) is 1. The smallest absolute Gasteiger partial charge is 0.318 e. The minimum atomic E-state index is 0.144. The van der Waals surface area contributed by atoms with Gasteiger partial charge in [0.05, 0.1) is 6.04 Å². The van der Waals surface area contributed by atoms with E-state index in [0.717, 1.165) is 31.4 Å². The molecule has 5 heteroatoms. The van der Waals surface area contributed by atoms with Gasteiger partial charge in [-0.1, -0.05) is 12.0 Å². The fourth-order valence-corrected chi connectivity index (χ4v) is 3.12. The molecule has 3 unspecified atom stereocenters. The Bertz CT molecular complexity index is 405. The second kappa shape index (κ2) is 4.88. The lowest BCUT2D eigenvalue weighted by atomic mass is 10.1. The maximum absolute atomic E-state index is 5.82. The summed E-state index contributed by atoms with van der Waals surface area (Å²) in [7, 11) is 0. The molecular weight excluding hydrogens is 228 g/mol. The Balaban J connectivity index is 1.66. The fraction of sp³-hybridized carbons (Fsp3) is 0.846. The van der Waals surface area contributed by atoms with Gasteiger partial charge in [-0.05, 0) is 45.1 Å². The molecule has 0 aromatic carbocycles. The number of nitrogens with zero attached hydrogens (tertiary/aromatic N) is 3. The molecule has 2 heterocycles. The van der Waals surface area contributed by atoms with Crippen molar-refractivity contribution in [3.63, 3.8) is 0 Å². The van der Waals surface area contributed by atoms with Crippen molar-refractivity contribution in [1.82, 2.24) is 15.5 Å². The molecular formula is C13H22N4O. The third-order valence-corrected chi connectivity index (χ3v) is 4.16. The zero-order valence-electron chi connectivity index (χ0n) is 11.2. The molecule has 2 bridgehead atoms. The number of hydrogen-bond acceptors (Lipinski definition) is 5. The molecule has 1 saturated carbocycles. The van der Waals surface area contributed by atoms with Gasteiger partial charge in [-0.2, -0.15) is 0 Å². The minimum Gasteiger partial charge on any atom is -0.406 e. The van der Waals surface area contributed by atoms with Crippen LogP contribution in [0.4, 0.5) is 6.01 Å². The summed E-state index contributed by atoms with van der Waals surface area (Å²) >= 11 is 0. The van der Waals surface area contributed by atoms with Crippen molar-refractivity contribution in [2.45, 2.75) is 51.6 Å². The number of fused-ring (bicyclic) bond motifs is 2. The first-order valence-corrected chi connectivity index (χ1v) is 7.11. The maximum Gasteiger partial charge on any atom is 0.318 e. The summed E-state index contributed by atoms with van der Waals surface area (Å²) in [6, 6.07) is 1.51. The van der Waals surface area contributed by atoms with E-state index >= 15 is 0 Å². The number of anilines is 1. The highest BCUT2D eigenvalue weighted by Crippen LogP contribution is 2.39. The molecule has 1 aromatic rings. The van der Waals surface area contributed by atoms with E-state index in [2.05, 4.69) is 34.3 Å². The second-order valence-electron chi connectivity index (χ2n) is 5.58. The van der Waals surface area contributed by atoms with E-state index in [0.29, 0.717) is 11.9 Å². The molecule has 1 aliphatic carbocycles. The van der Waals surface area contributed by atoms with Crippen LogP contribution >= 0.6 is 0 Å². The summed E-state index contributed by atoms with van der Waals surface area (Å²) < 4.78 is 5.82. The van der Waals surface area contributed by atoms with Crippen LogP contribution < -0.4 is 10.2 Å². The monoisotopic (exact) mass is 250 g/mol. The Morgan fingerprint density at radius 3 is 3.00 bits per heavy atom. The highest BCUT2D eigenvalue weighted by molar-refractivity contribution is 5.31. The predicted molar refractivity (Wildman–Crippen MR) is 69.5 cm³/mol. The van der Waals surface area contributed by atoms with E-state index in [9.17, 15) is 0 Å². The maximum atomic E-state index is 5.82. The van der Waals surface area contributed by atoms with Gasteiger partial charge in [-0.3, -0.25) is 0 Å². The van der Waals surface area contributed by atoms with Crippen LogP contribution in [0.1, 0.15) is 51.5 Å². The molecule has 0 amide bonds. The fourth-order valence-electron chi connectivity index (χ4n) is 3.12. The summed E-state index contributed by atoms with van der Waals surface area (Å²) in [5.74, 6) is 1.56. The number of rotatable bonds is 5. The van der Waals surface area contributed by atoms with Crippen molar-refractivity contribution in [2.75, 3.05) is 18.0 Å². The molecule has 1 aromatic heterocycles. The van der Waals surface area contributed by atoms with Crippen LogP contribution in [0.25, 0.3) is 0 Å². The van der Waals surface area contributed by atoms with E-state index in [1.807, 2.05) is 0 Å². The zero-order valence-corrected chi connectivity index (χ0v) is 11.2. The molecule has 1 aliphatic heterocycles. The Kier molecular flexibility index (Phi) is 3.24. The molecule has 5 nitrogen and oxygen atoms in total. The summed E-state index contributed by atoms with van der Waals surface area (Å²) in [6.07, 6.45) is 5.07. The quantitative estimate of drug-likeness (QED) is 0.867. The van der Waals surface area contributed by atoms with E-state index in [4.69, 9.17) is 4.42 Å². The van der Waals surface area contributed by atoms with Crippen LogP contribution in [0.5, 0.6) is 0 Å². The Morgan fingerprint density at radius 2 is 2.33 bits per heavy atom. The number of nitrogens with one attached hydrogen (secondary N) is 1. The van der Waals surface area contributed by atoms with Crippen molar-refractivity contribution in [3.8, 4) is 0 Å². The van der Waals surface area contributed by atoms with E-state index in [1.54, 1.807) is 0 Å². The van der Waals surface area contributed by atoms with Crippen LogP contribution in [0, 0.1) is 5.92 Å². The second-order valence-corrected chi connectivity index (χ2v) is 5.58. The Labute approximate surface area is 108 Å². The zero-order chi connectivity index (χ0) is 12.5. The van der Waals surface area contributed by atoms with Gasteiger partial charge < -0.3 is 14.6 Å². The molecule has 18 heavy (non-hydrogen) atoms. The first-order chi connectivity index (χ1) is 8.78. The summed E-state index contributed by atoms with van der Waals surface area (Å²) in [5, 5.41) is 11.8. The van der Waals surface area contributed by atoms with E-state index in [1.165, 1.54) is 19.3 Å². The molecule has 1 N–H and O–H groups in total. The normalized spacial score (nSPS) is 28.0. The molecule has 0 radical (unpaired) electrons. The van der Waals surface area contributed by atoms with Gasteiger partial charge in [0.25, 0.3) is 0 Å². The SMILES string of the molecule is CCCNC(C)c1nnc(N2CC3CCC2C3)o1. The number of aromatic nitrogens is 2. The molecule has 1 saturated heterocycles. The minimum absolute atomic E-state index is 0.144. The van der Waals surface area contributed by atoms with Crippen molar-refractivity contribution in [3.05, 3.63) is 5.89 Å². The third-order valence-electron chi connectivity index (χ3n) is 4.16. The molecule has 100 valence electrons. The van der Waals surface area contributed by atoms with Crippen molar-refractivity contribution in [1.29, 1.82) is 0 Å². The average molecular weight is 250 g/mol. The molecule has 2 aliphatic rings. The van der Waals surface area contributed by atoms with E-state index in [-0.39, 0.29) is 6.04 Å². The van der Waals surface area contributed by atoms with Gasteiger partial charge in [0.15, 0.2) is 0 Å². The largest absolute Gasteiger partial charge is 0.406 e. The summed E-state index contributed by atoms with van der Waals surface area (Å²) in [5.41, 5.74) is 0. The van der Waals surface area contributed by atoms with Crippen LogP contribution in [0.3, 0.4) is 0 Å². The molecule has 0 spiro atoms. The number of piperidine rings is 1.